The summed E-state index contributed by atoms with van der Waals surface area (Å²) < 4.78 is 4.97. The number of non-ortho nitro benzene ring substituents is 1. The van der Waals surface area contributed by atoms with Gasteiger partial charge in [-0.1, -0.05) is 12.1 Å². The molecule has 0 radical (unpaired) electrons. The highest BCUT2D eigenvalue weighted by molar-refractivity contribution is 5.79. The maximum absolute atomic E-state index is 11.6. The van der Waals surface area contributed by atoms with Crippen LogP contribution in [0.25, 0.3) is 0 Å². The van der Waals surface area contributed by atoms with Crippen LogP contribution < -0.4 is 10.4 Å². The smallest absolute Gasteiger partial charge is 0.408 e. The van der Waals surface area contributed by atoms with E-state index in [1.807, 2.05) is 0 Å². The normalized spacial score (nSPS) is 12.3. The molecule has 1 rings (SSSR count). The minimum Gasteiger partial charge on any atom is -0.548 e. The molecule has 8 heteroatoms. The number of nitro groups is 1. The Morgan fingerprint density at radius 1 is 1.36 bits per heavy atom. The number of alkyl carbamates (subject to hydrolysis) is 1. The van der Waals surface area contributed by atoms with Gasteiger partial charge < -0.3 is 20.0 Å². The van der Waals surface area contributed by atoms with Gasteiger partial charge >= 0.3 is 6.09 Å². The Balaban J connectivity index is 2.81. The van der Waals surface area contributed by atoms with Crippen molar-refractivity contribution < 1.29 is 24.4 Å². The van der Waals surface area contributed by atoms with E-state index in [-0.39, 0.29) is 12.1 Å². The molecule has 0 aromatic heterocycles. The van der Waals surface area contributed by atoms with Crippen LogP contribution in [0.1, 0.15) is 26.3 Å². The Kier molecular flexibility index (Phi) is 5.44. The molecule has 1 N–H and O–H groups in total. The standard InChI is InChI=1S/C14H18N2O6/c1-14(2,3)22-13(19)15-11(12(17)18)8-9-5-4-6-10(7-9)16(20)21/h4-7,11H,8H2,1-3H3,(H,15,19)(H,17,18)/p-1/t11-/m0/s1. The van der Waals surface area contributed by atoms with E-state index in [0.29, 0.717) is 5.56 Å². The lowest BCUT2D eigenvalue weighted by molar-refractivity contribution is -0.384. The minimum atomic E-state index is -1.50. The first kappa shape index (κ1) is 17.4. The molecule has 0 aliphatic heterocycles. The number of amides is 1. The van der Waals surface area contributed by atoms with Gasteiger partial charge in [-0.25, -0.2) is 4.79 Å². The molecule has 1 amide bonds. The van der Waals surface area contributed by atoms with E-state index in [1.165, 1.54) is 24.3 Å². The van der Waals surface area contributed by atoms with Crippen LogP contribution in [0, 0.1) is 10.1 Å². The van der Waals surface area contributed by atoms with Crippen LogP contribution in [0.4, 0.5) is 10.5 Å². The summed E-state index contributed by atoms with van der Waals surface area (Å²) in [7, 11) is 0. The van der Waals surface area contributed by atoms with E-state index in [9.17, 15) is 24.8 Å². The van der Waals surface area contributed by atoms with Crippen LogP contribution in [0.2, 0.25) is 0 Å². The van der Waals surface area contributed by atoms with Crippen molar-refractivity contribution in [2.24, 2.45) is 0 Å². The van der Waals surface area contributed by atoms with Crippen molar-refractivity contribution in [3.63, 3.8) is 0 Å². The minimum absolute atomic E-state index is 0.150. The van der Waals surface area contributed by atoms with Crippen molar-refractivity contribution in [1.29, 1.82) is 0 Å². The number of carboxylic acids is 1. The van der Waals surface area contributed by atoms with Gasteiger partial charge in [-0.2, -0.15) is 0 Å². The second kappa shape index (κ2) is 6.88. The van der Waals surface area contributed by atoms with Crippen molar-refractivity contribution in [3.05, 3.63) is 39.9 Å². The maximum Gasteiger partial charge on any atom is 0.408 e. The number of carbonyl (C=O) groups is 2. The number of hydrogen-bond donors (Lipinski definition) is 1. The van der Waals surface area contributed by atoms with Crippen LogP contribution in [0.5, 0.6) is 0 Å². The number of nitro benzene ring substituents is 1. The van der Waals surface area contributed by atoms with Gasteiger partial charge in [0.25, 0.3) is 5.69 Å². The van der Waals surface area contributed by atoms with Crippen LogP contribution in [0.15, 0.2) is 24.3 Å². The van der Waals surface area contributed by atoms with E-state index in [2.05, 4.69) is 5.32 Å². The quantitative estimate of drug-likeness (QED) is 0.633. The molecule has 1 aromatic rings. The van der Waals surface area contributed by atoms with E-state index < -0.39 is 28.6 Å². The first-order valence-corrected chi connectivity index (χ1v) is 6.52. The van der Waals surface area contributed by atoms with Gasteiger partial charge in [0, 0.05) is 12.1 Å². The van der Waals surface area contributed by atoms with E-state index in [4.69, 9.17) is 4.74 Å². The molecule has 1 atom stereocenters. The summed E-state index contributed by atoms with van der Waals surface area (Å²) >= 11 is 0. The second-order valence-electron chi connectivity index (χ2n) is 5.65. The zero-order valence-electron chi connectivity index (χ0n) is 12.5. The molecule has 0 heterocycles. The van der Waals surface area contributed by atoms with Gasteiger partial charge in [0.1, 0.15) is 5.60 Å². The molecule has 0 aliphatic carbocycles. The Labute approximate surface area is 127 Å². The molecule has 0 bridgehead atoms. The number of ether oxygens (including phenoxy) is 1. The van der Waals surface area contributed by atoms with Gasteiger partial charge in [-0.15, -0.1) is 0 Å². The third kappa shape index (κ3) is 5.78. The fraction of sp³-hybridized carbons (Fsp3) is 0.429. The molecule has 0 fully saturated rings. The van der Waals surface area contributed by atoms with Crippen molar-refractivity contribution in [2.75, 3.05) is 0 Å². The maximum atomic E-state index is 11.6. The Bertz CT molecular complexity index is 579. The summed E-state index contributed by atoms with van der Waals surface area (Å²) in [5.74, 6) is -1.50. The molecule has 22 heavy (non-hydrogen) atoms. The predicted octanol–water partition coefficient (Wildman–Crippen LogP) is 0.780. The van der Waals surface area contributed by atoms with Gasteiger partial charge in [0.2, 0.25) is 0 Å². The molecule has 0 saturated carbocycles. The Hall–Kier alpha value is -2.64. The molecule has 1 aromatic carbocycles. The summed E-state index contributed by atoms with van der Waals surface area (Å²) in [6, 6.07) is 4.15. The highest BCUT2D eigenvalue weighted by Gasteiger charge is 2.21. The monoisotopic (exact) mass is 309 g/mol. The highest BCUT2D eigenvalue weighted by Crippen LogP contribution is 2.15. The third-order valence-electron chi connectivity index (χ3n) is 2.54. The zero-order valence-corrected chi connectivity index (χ0v) is 12.5. The van der Waals surface area contributed by atoms with Crippen molar-refractivity contribution in [3.8, 4) is 0 Å². The Morgan fingerprint density at radius 3 is 2.50 bits per heavy atom. The molecule has 8 nitrogen and oxygen atoms in total. The first-order chi connectivity index (χ1) is 10.1. The van der Waals surface area contributed by atoms with Crippen molar-refractivity contribution in [1.82, 2.24) is 5.32 Å². The van der Waals surface area contributed by atoms with Crippen LogP contribution in [-0.4, -0.2) is 28.6 Å². The highest BCUT2D eigenvalue weighted by atomic mass is 16.6. The van der Waals surface area contributed by atoms with Crippen LogP contribution in [-0.2, 0) is 16.0 Å². The van der Waals surface area contributed by atoms with Crippen molar-refractivity contribution >= 4 is 17.7 Å². The lowest BCUT2D eigenvalue weighted by Crippen LogP contribution is -2.50. The summed E-state index contributed by atoms with van der Waals surface area (Å²) in [5, 5.41) is 24.0. The van der Waals surface area contributed by atoms with E-state index >= 15 is 0 Å². The molecule has 0 saturated heterocycles. The zero-order chi connectivity index (χ0) is 16.9. The van der Waals surface area contributed by atoms with Crippen LogP contribution in [0.3, 0.4) is 0 Å². The molecular weight excluding hydrogens is 292 g/mol. The lowest BCUT2D eigenvalue weighted by atomic mass is 10.1. The number of aliphatic carboxylic acids is 1. The summed E-state index contributed by atoms with van der Waals surface area (Å²) in [6.45, 7) is 4.92. The molecule has 0 spiro atoms. The van der Waals surface area contributed by atoms with Gasteiger partial charge in [0.15, 0.2) is 0 Å². The van der Waals surface area contributed by atoms with Crippen LogP contribution >= 0.6 is 0 Å². The molecule has 0 unspecified atom stereocenters. The number of carbonyl (C=O) groups excluding carboxylic acids is 2. The number of rotatable bonds is 5. The number of carboxylic acid groups (broad SMARTS) is 1. The molecule has 120 valence electrons. The topological polar surface area (TPSA) is 122 Å². The number of benzene rings is 1. The van der Waals surface area contributed by atoms with Gasteiger partial charge in [-0.3, -0.25) is 10.1 Å². The molecule has 0 aliphatic rings. The van der Waals surface area contributed by atoms with E-state index in [0.717, 1.165) is 0 Å². The fourth-order valence-electron chi connectivity index (χ4n) is 1.68. The van der Waals surface area contributed by atoms with Crippen molar-refractivity contribution in [2.45, 2.75) is 38.8 Å². The van der Waals surface area contributed by atoms with Gasteiger partial charge in [-0.05, 0) is 32.8 Å². The Morgan fingerprint density at radius 2 is 2.00 bits per heavy atom. The summed E-state index contributed by atoms with van der Waals surface area (Å²) in [5.41, 5.74) is -0.544. The first-order valence-electron chi connectivity index (χ1n) is 6.52. The largest absolute Gasteiger partial charge is 0.548 e. The fourth-order valence-corrected chi connectivity index (χ4v) is 1.68. The van der Waals surface area contributed by atoms with Gasteiger partial charge in [0.05, 0.1) is 16.9 Å². The SMILES string of the molecule is CC(C)(C)OC(=O)N[C@@H](Cc1cccc([N+](=O)[O-])c1)C(=O)[O-]. The number of hydrogen-bond acceptors (Lipinski definition) is 6. The summed E-state index contributed by atoms with van der Waals surface area (Å²) in [4.78, 5) is 32.8. The van der Waals surface area contributed by atoms with E-state index in [1.54, 1.807) is 20.8 Å². The molecular formula is C14H17N2O6-. The summed E-state index contributed by atoms with van der Waals surface area (Å²) in [6.07, 6.45) is -1.05. The number of nitrogens with one attached hydrogen (secondary N) is 1. The number of nitrogens with zero attached hydrogens (tertiary/aromatic N) is 1. The predicted molar refractivity (Wildman–Crippen MR) is 75.0 cm³/mol. The average molecular weight is 309 g/mol. The average Bonchev–Trinajstić information content (AvgIpc) is 2.35. The second-order valence-corrected chi connectivity index (χ2v) is 5.65. The lowest BCUT2D eigenvalue weighted by Gasteiger charge is -2.24. The third-order valence-corrected chi connectivity index (χ3v) is 2.54.